The monoisotopic (exact) mass is 549 g/mol. The Morgan fingerprint density at radius 1 is 1.10 bits per heavy atom. The summed E-state index contributed by atoms with van der Waals surface area (Å²) in [6, 6.07) is 11.9. The number of hydrogen-bond donors (Lipinski definition) is 2. The summed E-state index contributed by atoms with van der Waals surface area (Å²) in [6.07, 6.45) is 1.60. The minimum atomic E-state index is -0.707. The normalized spacial score (nSPS) is 16.6. The van der Waals surface area contributed by atoms with Crippen LogP contribution in [0.2, 0.25) is 0 Å². The number of benzene rings is 2. The fourth-order valence-electron chi connectivity index (χ4n) is 4.53. The lowest BCUT2D eigenvalue weighted by Gasteiger charge is -2.33. The molecule has 1 aliphatic carbocycles. The van der Waals surface area contributed by atoms with Gasteiger partial charge in [0.1, 0.15) is 5.82 Å². The van der Waals surface area contributed by atoms with Gasteiger partial charge in [-0.2, -0.15) is 5.26 Å². The summed E-state index contributed by atoms with van der Waals surface area (Å²) in [6.45, 7) is 0. The molecule has 39 heavy (non-hydrogen) atoms. The molecule has 1 atom stereocenters. The van der Waals surface area contributed by atoms with E-state index in [1.807, 2.05) is 0 Å². The van der Waals surface area contributed by atoms with Crippen LogP contribution in [0.1, 0.15) is 51.5 Å². The number of nitrogens with zero attached hydrogens (tertiary/aromatic N) is 1. The first-order valence-corrected chi connectivity index (χ1v) is 12.9. The third-order valence-electron chi connectivity index (χ3n) is 6.33. The maximum absolute atomic E-state index is 13.6. The molecule has 0 aromatic heterocycles. The van der Waals surface area contributed by atoms with Crippen LogP contribution in [0, 0.1) is 17.1 Å². The zero-order valence-corrected chi connectivity index (χ0v) is 21.9. The fraction of sp³-hybridized carbons (Fsp3) is 0.250. The average Bonchev–Trinajstić information content (AvgIpc) is 2.95. The number of halogens is 1. The van der Waals surface area contributed by atoms with E-state index >= 15 is 0 Å². The SMILES string of the molecule is COC(=O)c1ccc(C(=O)OC)c(NC(=O)CSC2=C(C#N)C(c3ccc(F)cc3)C3=C(CCCC3=O)N2)c1. The Labute approximate surface area is 228 Å². The maximum Gasteiger partial charge on any atom is 0.339 e. The topological polar surface area (TPSA) is 135 Å². The molecule has 200 valence electrons. The molecule has 0 bridgehead atoms. The number of methoxy groups -OCH3 is 2. The third kappa shape index (κ3) is 5.86. The van der Waals surface area contributed by atoms with E-state index < -0.39 is 29.6 Å². The number of carbonyl (C=O) groups is 4. The van der Waals surface area contributed by atoms with Crippen molar-refractivity contribution in [2.24, 2.45) is 0 Å². The molecule has 0 saturated heterocycles. The summed E-state index contributed by atoms with van der Waals surface area (Å²) in [5.41, 5.74) is 2.25. The number of dihydropyridines is 1. The second-order valence-electron chi connectivity index (χ2n) is 8.71. The third-order valence-corrected chi connectivity index (χ3v) is 7.35. The Hall–Kier alpha value is -4.43. The van der Waals surface area contributed by atoms with E-state index in [4.69, 9.17) is 9.47 Å². The molecule has 1 unspecified atom stereocenters. The number of esters is 2. The summed E-state index contributed by atoms with van der Waals surface area (Å²) >= 11 is 1.06. The van der Waals surface area contributed by atoms with E-state index in [1.54, 1.807) is 12.1 Å². The highest BCUT2D eigenvalue weighted by Crippen LogP contribution is 2.44. The van der Waals surface area contributed by atoms with E-state index in [0.29, 0.717) is 41.1 Å². The van der Waals surface area contributed by atoms with Crippen LogP contribution in [-0.2, 0) is 19.1 Å². The van der Waals surface area contributed by atoms with Crippen molar-refractivity contribution in [3.05, 3.63) is 86.8 Å². The van der Waals surface area contributed by atoms with Crippen molar-refractivity contribution < 1.29 is 33.0 Å². The van der Waals surface area contributed by atoms with Crippen molar-refractivity contribution >= 4 is 41.1 Å². The van der Waals surface area contributed by atoms with E-state index in [1.165, 1.54) is 44.6 Å². The van der Waals surface area contributed by atoms with Crippen LogP contribution in [0.25, 0.3) is 0 Å². The van der Waals surface area contributed by atoms with Gasteiger partial charge < -0.3 is 20.1 Å². The molecule has 1 heterocycles. The number of anilines is 1. The molecule has 0 spiro atoms. The number of ketones is 1. The Morgan fingerprint density at radius 2 is 1.82 bits per heavy atom. The molecule has 2 N–H and O–H groups in total. The van der Waals surface area contributed by atoms with Gasteiger partial charge in [-0.15, -0.1) is 0 Å². The molecular weight excluding hydrogens is 525 g/mol. The minimum Gasteiger partial charge on any atom is -0.465 e. The molecule has 9 nitrogen and oxygen atoms in total. The van der Waals surface area contributed by atoms with Crippen molar-refractivity contribution in [1.82, 2.24) is 5.32 Å². The van der Waals surface area contributed by atoms with Crippen molar-refractivity contribution in [3.8, 4) is 6.07 Å². The van der Waals surface area contributed by atoms with E-state index in [2.05, 4.69) is 16.7 Å². The highest BCUT2D eigenvalue weighted by atomic mass is 32.2. The lowest BCUT2D eigenvalue weighted by Crippen LogP contribution is -2.31. The number of amides is 1. The predicted molar refractivity (Wildman–Crippen MR) is 141 cm³/mol. The zero-order chi connectivity index (χ0) is 28.1. The van der Waals surface area contributed by atoms with Crippen molar-refractivity contribution in [2.75, 3.05) is 25.3 Å². The largest absolute Gasteiger partial charge is 0.465 e. The van der Waals surface area contributed by atoms with Gasteiger partial charge >= 0.3 is 11.9 Å². The zero-order valence-electron chi connectivity index (χ0n) is 21.1. The Morgan fingerprint density at radius 3 is 2.49 bits per heavy atom. The van der Waals surface area contributed by atoms with Crippen LogP contribution in [-0.4, -0.2) is 43.6 Å². The number of hydrogen-bond acceptors (Lipinski definition) is 9. The molecule has 4 rings (SSSR count). The van der Waals surface area contributed by atoms with Crippen LogP contribution in [0.3, 0.4) is 0 Å². The molecule has 1 aliphatic heterocycles. The lowest BCUT2D eigenvalue weighted by molar-refractivity contribution is -0.116. The van der Waals surface area contributed by atoms with Crippen molar-refractivity contribution in [3.63, 3.8) is 0 Å². The second kappa shape index (κ2) is 12.0. The number of nitrogens with one attached hydrogen (secondary N) is 2. The number of allylic oxidation sites excluding steroid dienone is 3. The highest BCUT2D eigenvalue weighted by molar-refractivity contribution is 8.03. The van der Waals surface area contributed by atoms with Gasteiger partial charge in [0.2, 0.25) is 5.91 Å². The van der Waals surface area contributed by atoms with E-state index in [9.17, 15) is 28.8 Å². The number of ether oxygens (including phenoxy) is 2. The number of rotatable bonds is 7. The van der Waals surface area contributed by atoms with Crippen LogP contribution in [0.5, 0.6) is 0 Å². The van der Waals surface area contributed by atoms with Gasteiger partial charge in [-0.3, -0.25) is 9.59 Å². The molecule has 0 fully saturated rings. The summed E-state index contributed by atoms with van der Waals surface area (Å²) in [5.74, 6) is -3.24. The second-order valence-corrected chi connectivity index (χ2v) is 9.70. The van der Waals surface area contributed by atoms with Crippen LogP contribution in [0.15, 0.2) is 64.3 Å². The number of nitriles is 1. The smallest absolute Gasteiger partial charge is 0.339 e. The molecule has 2 aromatic carbocycles. The van der Waals surface area contributed by atoms with Gasteiger partial charge in [-0.1, -0.05) is 23.9 Å². The minimum absolute atomic E-state index is 0.0445. The average molecular weight is 550 g/mol. The first-order chi connectivity index (χ1) is 18.8. The first kappa shape index (κ1) is 27.6. The van der Waals surface area contributed by atoms with Gasteiger partial charge in [-0.05, 0) is 48.7 Å². The Bertz CT molecular complexity index is 1460. The molecule has 11 heteroatoms. The van der Waals surface area contributed by atoms with Gasteiger partial charge in [0.15, 0.2) is 5.78 Å². The summed E-state index contributed by atoms with van der Waals surface area (Å²) in [4.78, 5) is 50.0. The standard InChI is InChI=1S/C28H24FN3O6S/c1-37-27(35)16-8-11-18(28(36)38-2)21(12-16)31-23(34)14-39-26-19(13-30)24(15-6-9-17(29)10-7-15)25-20(32-26)4-3-5-22(25)33/h6-12,24,32H,3-5,14H2,1-2H3,(H,31,34). The predicted octanol–water partition coefficient (Wildman–Crippen LogP) is 4.20. The number of thioether (sulfide) groups is 1. The fourth-order valence-corrected chi connectivity index (χ4v) is 5.39. The van der Waals surface area contributed by atoms with Crippen LogP contribution < -0.4 is 10.6 Å². The summed E-state index contributed by atoms with van der Waals surface area (Å²) in [5, 5.41) is 16.3. The van der Waals surface area contributed by atoms with Crippen LogP contribution >= 0.6 is 11.8 Å². The van der Waals surface area contributed by atoms with Crippen LogP contribution in [0.4, 0.5) is 10.1 Å². The van der Waals surface area contributed by atoms with Gasteiger partial charge in [0.05, 0.1) is 59.4 Å². The molecule has 1 amide bonds. The summed E-state index contributed by atoms with van der Waals surface area (Å²) < 4.78 is 23.1. The Balaban J connectivity index is 1.61. The first-order valence-electron chi connectivity index (χ1n) is 11.9. The Kier molecular flexibility index (Phi) is 8.46. The lowest BCUT2D eigenvalue weighted by atomic mass is 9.77. The van der Waals surface area contributed by atoms with E-state index in [-0.39, 0.29) is 33.9 Å². The summed E-state index contributed by atoms with van der Waals surface area (Å²) in [7, 11) is 2.40. The molecule has 2 aliphatic rings. The quantitative estimate of drug-likeness (QED) is 0.487. The number of carbonyl (C=O) groups excluding carboxylic acids is 4. The van der Waals surface area contributed by atoms with Gasteiger partial charge in [0.25, 0.3) is 0 Å². The van der Waals surface area contributed by atoms with Crippen molar-refractivity contribution in [1.29, 1.82) is 5.26 Å². The molecule has 2 aromatic rings. The van der Waals surface area contributed by atoms with Gasteiger partial charge in [0, 0.05) is 17.7 Å². The highest BCUT2D eigenvalue weighted by Gasteiger charge is 2.37. The maximum atomic E-state index is 13.6. The van der Waals surface area contributed by atoms with E-state index in [0.717, 1.165) is 11.8 Å². The molecule has 0 saturated carbocycles. The molecule has 0 radical (unpaired) electrons. The van der Waals surface area contributed by atoms with Gasteiger partial charge in [-0.25, -0.2) is 14.0 Å². The van der Waals surface area contributed by atoms with Crippen molar-refractivity contribution in [2.45, 2.75) is 25.2 Å². The molecular formula is C28H24FN3O6S. The number of Topliss-reactive ketones (excluding diaryl/α,β-unsaturated/α-hetero) is 1.